The van der Waals surface area contributed by atoms with Gasteiger partial charge < -0.3 is 4.43 Å². The Bertz CT molecular complexity index is 356. The van der Waals surface area contributed by atoms with Crippen LogP contribution in [0.2, 0.25) is 19.6 Å². The number of hydrogen-bond donors (Lipinski definition) is 0. The van der Waals surface area contributed by atoms with Crippen LogP contribution < -0.4 is 0 Å². The van der Waals surface area contributed by atoms with Crippen molar-refractivity contribution in [2.45, 2.75) is 32.5 Å². The Morgan fingerprint density at radius 1 is 1.00 bits per heavy atom. The summed E-state index contributed by atoms with van der Waals surface area (Å²) in [4.78, 5) is 0. The normalized spacial score (nSPS) is 10.3. The molecule has 2 aromatic rings. The van der Waals surface area contributed by atoms with Crippen molar-refractivity contribution in [3.8, 4) is 0 Å². The average Bonchev–Trinajstić information content (AvgIpc) is 2.98. The Morgan fingerprint density at radius 3 is 2.00 bits per heavy atom. The average molecular weight is 352 g/mol. The van der Waals surface area contributed by atoms with E-state index in [0.717, 1.165) is 19.4 Å². The van der Waals surface area contributed by atoms with Crippen LogP contribution in [-0.4, -0.2) is 14.9 Å². The van der Waals surface area contributed by atoms with Gasteiger partial charge in [-0.15, -0.1) is 0 Å². The second kappa shape index (κ2) is 10.5. The van der Waals surface area contributed by atoms with Gasteiger partial charge >= 0.3 is 26.2 Å². The van der Waals surface area contributed by atoms with E-state index in [9.17, 15) is 0 Å². The zero-order valence-corrected chi connectivity index (χ0v) is 15.7. The molecule has 0 aromatic heterocycles. The van der Waals surface area contributed by atoms with Gasteiger partial charge in [0.15, 0.2) is 8.32 Å². The van der Waals surface area contributed by atoms with Crippen LogP contribution in [0.25, 0.3) is 0 Å². The minimum absolute atomic E-state index is 0. The van der Waals surface area contributed by atoms with E-state index in [1.807, 2.05) is 30.3 Å². The summed E-state index contributed by atoms with van der Waals surface area (Å²) < 4.78 is 5.77. The minimum atomic E-state index is -1.28. The Labute approximate surface area is 138 Å². The SMILES string of the molecule is C[Si](C)(C)OCCC[c-]1cccc1.[Zr+2].c1cc[cH-]c1. The molecule has 19 heavy (non-hydrogen) atoms. The summed E-state index contributed by atoms with van der Waals surface area (Å²) in [5.74, 6) is 0. The molecule has 0 radical (unpaired) electrons. The van der Waals surface area contributed by atoms with Crippen LogP contribution in [0.15, 0.2) is 54.6 Å². The van der Waals surface area contributed by atoms with Crippen molar-refractivity contribution in [1.82, 2.24) is 0 Å². The Hall–Kier alpha value is -0.240. The quantitative estimate of drug-likeness (QED) is 0.435. The van der Waals surface area contributed by atoms with E-state index in [-0.39, 0.29) is 26.2 Å². The summed E-state index contributed by atoms with van der Waals surface area (Å²) in [6, 6.07) is 18.5. The molecule has 0 atom stereocenters. The maximum absolute atomic E-state index is 5.77. The van der Waals surface area contributed by atoms with Gasteiger partial charge in [0.1, 0.15) is 0 Å². The van der Waals surface area contributed by atoms with Crippen LogP contribution in [0.5, 0.6) is 0 Å². The van der Waals surface area contributed by atoms with Gasteiger partial charge in [0.2, 0.25) is 0 Å². The predicted molar refractivity (Wildman–Crippen MR) is 81.7 cm³/mol. The molecule has 0 fully saturated rings. The molecule has 1 nitrogen and oxygen atoms in total. The van der Waals surface area contributed by atoms with Crippen LogP contribution in [0.3, 0.4) is 0 Å². The molecule has 0 amide bonds. The molecule has 2 aromatic carbocycles. The van der Waals surface area contributed by atoms with Crippen molar-refractivity contribution in [3.05, 3.63) is 60.2 Å². The summed E-state index contributed by atoms with van der Waals surface area (Å²) in [5.41, 5.74) is 1.43. The molecule has 0 aliphatic carbocycles. The van der Waals surface area contributed by atoms with Crippen molar-refractivity contribution in [2.75, 3.05) is 6.61 Å². The van der Waals surface area contributed by atoms with Gasteiger partial charge in [-0.1, -0.05) is 6.42 Å². The first-order valence-electron chi connectivity index (χ1n) is 6.59. The van der Waals surface area contributed by atoms with Gasteiger partial charge in [-0.25, -0.2) is 24.3 Å². The van der Waals surface area contributed by atoms with Gasteiger partial charge in [-0.2, -0.15) is 35.9 Å². The van der Waals surface area contributed by atoms with Gasteiger partial charge in [0, 0.05) is 6.61 Å². The van der Waals surface area contributed by atoms with Crippen LogP contribution in [0.4, 0.5) is 0 Å². The smallest absolute Gasteiger partial charge is 0.418 e. The second-order valence-electron chi connectivity index (χ2n) is 5.32. The zero-order valence-electron chi connectivity index (χ0n) is 12.2. The maximum Gasteiger partial charge on any atom is 2.00 e. The predicted octanol–water partition coefficient (Wildman–Crippen LogP) is 4.59. The molecule has 0 saturated carbocycles. The second-order valence-corrected chi connectivity index (χ2v) is 9.83. The Kier molecular flexibility index (Phi) is 10.4. The van der Waals surface area contributed by atoms with Gasteiger partial charge in [-0.05, 0) is 26.1 Å². The largest absolute Gasteiger partial charge is 2.00 e. The third kappa shape index (κ3) is 11.3. The summed E-state index contributed by atoms with van der Waals surface area (Å²) >= 11 is 0. The molecule has 102 valence electrons. The number of aryl methyl sites for hydroxylation is 1. The summed E-state index contributed by atoms with van der Waals surface area (Å²) in [6.45, 7) is 7.61. The number of hydrogen-bond acceptors (Lipinski definition) is 1. The van der Waals surface area contributed by atoms with E-state index in [0.29, 0.717) is 0 Å². The van der Waals surface area contributed by atoms with Crippen LogP contribution in [0, 0.1) is 0 Å². The van der Waals surface area contributed by atoms with Crippen molar-refractivity contribution in [2.24, 2.45) is 0 Å². The summed E-state index contributed by atoms with van der Waals surface area (Å²) in [7, 11) is -1.28. The van der Waals surface area contributed by atoms with Gasteiger partial charge in [0.05, 0.1) is 0 Å². The fourth-order valence-corrected chi connectivity index (χ4v) is 2.31. The molecule has 0 bridgehead atoms. The van der Waals surface area contributed by atoms with Crippen molar-refractivity contribution in [1.29, 1.82) is 0 Å². The van der Waals surface area contributed by atoms with E-state index >= 15 is 0 Å². The molecule has 3 heteroatoms. The van der Waals surface area contributed by atoms with Crippen molar-refractivity contribution in [3.63, 3.8) is 0 Å². The summed E-state index contributed by atoms with van der Waals surface area (Å²) in [5, 5.41) is 0. The molecule has 0 N–H and O–H groups in total. The van der Waals surface area contributed by atoms with E-state index in [1.54, 1.807) is 0 Å². The number of rotatable bonds is 5. The Morgan fingerprint density at radius 2 is 1.58 bits per heavy atom. The first-order chi connectivity index (χ1) is 8.58. The van der Waals surface area contributed by atoms with E-state index in [1.165, 1.54) is 5.56 Å². The molecule has 0 spiro atoms. The zero-order chi connectivity index (χ0) is 13.3. The molecule has 0 aliphatic heterocycles. The Balaban J connectivity index is 0.000000454. The first kappa shape index (κ1) is 18.8. The first-order valence-corrected chi connectivity index (χ1v) is 10.00. The van der Waals surface area contributed by atoms with E-state index < -0.39 is 8.32 Å². The van der Waals surface area contributed by atoms with Crippen LogP contribution >= 0.6 is 0 Å². The topological polar surface area (TPSA) is 9.23 Å². The fourth-order valence-electron chi connectivity index (χ4n) is 1.56. The van der Waals surface area contributed by atoms with Gasteiger partial charge in [0.25, 0.3) is 0 Å². The van der Waals surface area contributed by atoms with Crippen LogP contribution in [-0.2, 0) is 37.1 Å². The van der Waals surface area contributed by atoms with Crippen LogP contribution in [0.1, 0.15) is 12.0 Å². The van der Waals surface area contributed by atoms with E-state index in [4.69, 9.17) is 4.43 Å². The standard InChI is InChI=1S/C11H19OSi.C5H5.Zr/c1-13(2,3)12-10-6-9-11-7-4-5-8-11;1-2-4-5-3-1;/h4-5,7-8H,6,9-10H2,1-3H3;1-5H;/q2*-1;+2. The minimum Gasteiger partial charge on any atom is -0.418 e. The molecular formula is C16H24OSiZr. The maximum atomic E-state index is 5.77. The molecule has 0 unspecified atom stereocenters. The fraction of sp³-hybridized carbons (Fsp3) is 0.375. The van der Waals surface area contributed by atoms with E-state index in [2.05, 4.69) is 43.9 Å². The monoisotopic (exact) mass is 350 g/mol. The summed E-state index contributed by atoms with van der Waals surface area (Å²) in [6.07, 6.45) is 2.30. The molecule has 0 heterocycles. The molecule has 2 rings (SSSR count). The van der Waals surface area contributed by atoms with Crippen molar-refractivity contribution < 1.29 is 30.6 Å². The molecular weight excluding hydrogens is 327 g/mol. The molecule has 0 aliphatic rings. The van der Waals surface area contributed by atoms with Crippen molar-refractivity contribution >= 4 is 8.32 Å². The third-order valence-electron chi connectivity index (χ3n) is 2.43. The molecule has 0 saturated heterocycles. The van der Waals surface area contributed by atoms with Gasteiger partial charge in [-0.3, -0.25) is 0 Å². The third-order valence-corrected chi connectivity index (χ3v) is 3.50.